The second kappa shape index (κ2) is 9.27. The van der Waals surface area contributed by atoms with Crippen LogP contribution >= 0.6 is 0 Å². The summed E-state index contributed by atoms with van der Waals surface area (Å²) in [5.74, 6) is 2.67. The molecule has 1 aromatic heterocycles. The lowest BCUT2D eigenvalue weighted by Crippen LogP contribution is -2.52. The summed E-state index contributed by atoms with van der Waals surface area (Å²) in [7, 11) is 5.22. The monoisotopic (exact) mass is 372 g/mol. The molecule has 1 aliphatic rings. The normalized spacial score (nSPS) is 15.7. The number of ether oxygens (including phenoxy) is 2. The smallest absolute Gasteiger partial charge is 0.194 e. The van der Waals surface area contributed by atoms with Crippen molar-refractivity contribution in [2.24, 2.45) is 4.99 Å². The van der Waals surface area contributed by atoms with Gasteiger partial charge in [0, 0.05) is 51.5 Å². The number of aliphatic imine (C=N–C) groups is 1. The molecule has 27 heavy (non-hydrogen) atoms. The Morgan fingerprint density at radius 1 is 1.19 bits per heavy atom. The molecular formula is C19H28N6O2. The number of nitrogens with one attached hydrogen (secondary N) is 2. The molecule has 8 nitrogen and oxygen atoms in total. The van der Waals surface area contributed by atoms with E-state index in [4.69, 9.17) is 9.47 Å². The first kappa shape index (κ1) is 19.0. The molecule has 1 fully saturated rings. The summed E-state index contributed by atoms with van der Waals surface area (Å²) in [5, 5.41) is 10.3. The first-order valence-corrected chi connectivity index (χ1v) is 9.10. The second-order valence-electron chi connectivity index (χ2n) is 6.42. The van der Waals surface area contributed by atoms with Gasteiger partial charge in [0.15, 0.2) is 5.96 Å². The van der Waals surface area contributed by atoms with Gasteiger partial charge < -0.3 is 19.7 Å². The van der Waals surface area contributed by atoms with E-state index in [0.29, 0.717) is 6.54 Å². The van der Waals surface area contributed by atoms with E-state index in [2.05, 4.69) is 36.4 Å². The average Bonchev–Trinajstić information content (AvgIpc) is 3.23. The number of rotatable bonds is 6. The minimum absolute atomic E-state index is 0.688. The van der Waals surface area contributed by atoms with Crippen molar-refractivity contribution in [3.63, 3.8) is 0 Å². The van der Waals surface area contributed by atoms with E-state index >= 15 is 0 Å². The quantitative estimate of drug-likeness (QED) is 0.588. The van der Waals surface area contributed by atoms with Crippen LogP contribution in [0.3, 0.4) is 0 Å². The van der Waals surface area contributed by atoms with Crippen molar-refractivity contribution in [1.82, 2.24) is 25.3 Å². The maximum atomic E-state index is 5.50. The van der Waals surface area contributed by atoms with Crippen LogP contribution in [0.15, 0.2) is 35.5 Å². The number of aromatic amines is 1. The molecule has 8 heteroatoms. The van der Waals surface area contributed by atoms with Crippen LogP contribution in [0, 0.1) is 0 Å². The molecule has 1 saturated heterocycles. The Hall–Kier alpha value is -2.74. The summed E-state index contributed by atoms with van der Waals surface area (Å²) in [4.78, 5) is 9.13. The van der Waals surface area contributed by atoms with Crippen molar-refractivity contribution >= 4 is 5.96 Å². The van der Waals surface area contributed by atoms with E-state index in [0.717, 1.165) is 61.4 Å². The molecule has 0 aliphatic carbocycles. The average molecular weight is 372 g/mol. The molecule has 0 radical (unpaired) electrons. The molecule has 2 aromatic rings. The highest BCUT2D eigenvalue weighted by atomic mass is 16.5. The van der Waals surface area contributed by atoms with E-state index in [-0.39, 0.29) is 0 Å². The Morgan fingerprint density at radius 3 is 2.63 bits per heavy atom. The van der Waals surface area contributed by atoms with Crippen LogP contribution in [0.2, 0.25) is 0 Å². The molecule has 0 unspecified atom stereocenters. The van der Waals surface area contributed by atoms with Gasteiger partial charge in [-0.25, -0.2) is 0 Å². The highest BCUT2D eigenvalue weighted by Gasteiger charge is 2.20. The molecule has 0 atom stereocenters. The van der Waals surface area contributed by atoms with Gasteiger partial charge in [-0.05, 0) is 24.3 Å². The van der Waals surface area contributed by atoms with Crippen molar-refractivity contribution in [2.75, 3.05) is 47.4 Å². The van der Waals surface area contributed by atoms with E-state index in [1.807, 2.05) is 25.2 Å². The van der Waals surface area contributed by atoms with Crippen LogP contribution in [0.4, 0.5) is 0 Å². The number of aromatic nitrogens is 2. The third-order valence-corrected chi connectivity index (χ3v) is 4.76. The predicted molar refractivity (Wildman–Crippen MR) is 105 cm³/mol. The molecular weight excluding hydrogens is 344 g/mol. The molecule has 2 N–H and O–H groups in total. The lowest BCUT2D eigenvalue weighted by molar-refractivity contribution is 0.171. The molecule has 0 bridgehead atoms. The van der Waals surface area contributed by atoms with Crippen LogP contribution in [-0.2, 0) is 13.1 Å². The summed E-state index contributed by atoms with van der Waals surface area (Å²) >= 11 is 0. The van der Waals surface area contributed by atoms with Crippen molar-refractivity contribution in [1.29, 1.82) is 0 Å². The van der Waals surface area contributed by atoms with Gasteiger partial charge in [-0.3, -0.25) is 15.0 Å². The molecule has 1 aromatic carbocycles. The predicted octanol–water partition coefficient (Wildman–Crippen LogP) is 1.32. The number of piperazine rings is 1. The Labute approximate surface area is 160 Å². The lowest BCUT2D eigenvalue weighted by atomic mass is 10.1. The molecule has 0 saturated carbocycles. The second-order valence-corrected chi connectivity index (χ2v) is 6.42. The number of methoxy groups -OCH3 is 2. The van der Waals surface area contributed by atoms with E-state index < -0.39 is 0 Å². The SMILES string of the molecule is CN=C(NCc1ccn[nH]1)N1CCN(Cc2cc(OC)ccc2OC)CC1. The standard InChI is InChI=1S/C19H28N6O2/c1-20-19(21-13-16-6-7-22-23-16)25-10-8-24(9-11-25)14-15-12-17(26-2)4-5-18(15)27-3/h4-7,12H,8-11,13-14H2,1-3H3,(H,20,21)(H,22,23). The van der Waals surface area contributed by atoms with E-state index in [9.17, 15) is 0 Å². The number of nitrogens with zero attached hydrogens (tertiary/aromatic N) is 4. The van der Waals surface area contributed by atoms with Crippen molar-refractivity contribution < 1.29 is 9.47 Å². The van der Waals surface area contributed by atoms with Crippen LogP contribution in [0.1, 0.15) is 11.3 Å². The van der Waals surface area contributed by atoms with Crippen molar-refractivity contribution in [3.8, 4) is 11.5 Å². The number of hydrogen-bond acceptors (Lipinski definition) is 5. The van der Waals surface area contributed by atoms with Gasteiger partial charge in [0.1, 0.15) is 11.5 Å². The maximum Gasteiger partial charge on any atom is 0.194 e. The van der Waals surface area contributed by atoms with Gasteiger partial charge in [0.05, 0.1) is 26.5 Å². The van der Waals surface area contributed by atoms with Gasteiger partial charge in [-0.15, -0.1) is 0 Å². The van der Waals surface area contributed by atoms with E-state index in [1.54, 1.807) is 20.4 Å². The number of guanidine groups is 1. The summed E-state index contributed by atoms with van der Waals surface area (Å²) in [6.07, 6.45) is 1.76. The van der Waals surface area contributed by atoms with Crippen molar-refractivity contribution in [3.05, 3.63) is 41.7 Å². The zero-order valence-electron chi connectivity index (χ0n) is 16.2. The fraction of sp³-hybridized carbons (Fsp3) is 0.474. The summed E-state index contributed by atoms with van der Waals surface area (Å²) < 4.78 is 10.9. The van der Waals surface area contributed by atoms with Crippen LogP contribution < -0.4 is 14.8 Å². The molecule has 1 aliphatic heterocycles. The number of H-pyrrole nitrogens is 1. The highest BCUT2D eigenvalue weighted by molar-refractivity contribution is 5.79. The van der Waals surface area contributed by atoms with Gasteiger partial charge in [0.2, 0.25) is 0 Å². The third-order valence-electron chi connectivity index (χ3n) is 4.76. The number of hydrogen-bond donors (Lipinski definition) is 2. The Kier molecular flexibility index (Phi) is 6.54. The van der Waals surface area contributed by atoms with Crippen LogP contribution in [0.25, 0.3) is 0 Å². The van der Waals surface area contributed by atoms with Crippen LogP contribution in [-0.4, -0.2) is 73.4 Å². The zero-order chi connectivity index (χ0) is 19.1. The Morgan fingerprint density at radius 2 is 2.00 bits per heavy atom. The molecule has 2 heterocycles. The fourth-order valence-electron chi connectivity index (χ4n) is 3.25. The minimum Gasteiger partial charge on any atom is -0.497 e. The zero-order valence-corrected chi connectivity index (χ0v) is 16.2. The fourth-order valence-corrected chi connectivity index (χ4v) is 3.25. The molecule has 0 spiro atoms. The number of benzene rings is 1. The first-order valence-electron chi connectivity index (χ1n) is 9.10. The first-order chi connectivity index (χ1) is 13.2. The summed E-state index contributed by atoms with van der Waals surface area (Å²) in [6.45, 7) is 5.31. The van der Waals surface area contributed by atoms with E-state index in [1.165, 1.54) is 0 Å². The third kappa shape index (κ3) is 4.91. The summed E-state index contributed by atoms with van der Waals surface area (Å²) in [6, 6.07) is 7.90. The topological polar surface area (TPSA) is 78.0 Å². The lowest BCUT2D eigenvalue weighted by Gasteiger charge is -2.36. The van der Waals surface area contributed by atoms with Gasteiger partial charge in [-0.2, -0.15) is 5.10 Å². The maximum absolute atomic E-state index is 5.50. The Bertz CT molecular complexity index is 739. The van der Waals surface area contributed by atoms with Gasteiger partial charge >= 0.3 is 0 Å². The minimum atomic E-state index is 0.688. The Balaban J connectivity index is 1.54. The largest absolute Gasteiger partial charge is 0.497 e. The van der Waals surface area contributed by atoms with Crippen LogP contribution in [0.5, 0.6) is 11.5 Å². The molecule has 3 rings (SSSR count). The summed E-state index contributed by atoms with van der Waals surface area (Å²) in [5.41, 5.74) is 2.19. The molecule has 0 amide bonds. The molecule has 146 valence electrons. The van der Waals surface area contributed by atoms with Crippen molar-refractivity contribution in [2.45, 2.75) is 13.1 Å². The van der Waals surface area contributed by atoms with Gasteiger partial charge in [-0.1, -0.05) is 0 Å². The highest BCUT2D eigenvalue weighted by Crippen LogP contribution is 2.25. The van der Waals surface area contributed by atoms with Gasteiger partial charge in [0.25, 0.3) is 0 Å².